The average molecular weight is 200 g/mol. The zero-order chi connectivity index (χ0) is 9.84. The molecule has 0 atom stereocenters. The van der Waals surface area contributed by atoms with Gasteiger partial charge in [0.05, 0.1) is 10.7 Å². The van der Waals surface area contributed by atoms with Crippen LogP contribution < -0.4 is 5.32 Å². The highest BCUT2D eigenvalue weighted by molar-refractivity contribution is 6.33. The van der Waals surface area contributed by atoms with Crippen LogP contribution in [-0.2, 0) is 4.79 Å². The molecule has 0 spiro atoms. The number of anilines is 1. The molecule has 1 aromatic carbocycles. The van der Waals surface area contributed by atoms with E-state index < -0.39 is 11.7 Å². The number of carbonyl (C=O) groups is 1. The van der Waals surface area contributed by atoms with E-state index in [-0.39, 0.29) is 10.7 Å². The number of hydrogen-bond acceptors (Lipinski definition) is 1. The summed E-state index contributed by atoms with van der Waals surface area (Å²) in [6.07, 6.45) is 1.04. The third-order valence-electron chi connectivity index (χ3n) is 1.40. The van der Waals surface area contributed by atoms with E-state index >= 15 is 0 Å². The molecule has 0 saturated heterocycles. The smallest absolute Gasteiger partial charge is 0.247 e. The normalized spacial score (nSPS) is 9.38. The summed E-state index contributed by atoms with van der Waals surface area (Å²) >= 11 is 5.64. The van der Waals surface area contributed by atoms with E-state index in [0.29, 0.717) is 0 Å². The van der Waals surface area contributed by atoms with E-state index in [1.807, 2.05) is 0 Å². The van der Waals surface area contributed by atoms with E-state index in [2.05, 4.69) is 11.9 Å². The molecular weight excluding hydrogens is 193 g/mol. The van der Waals surface area contributed by atoms with Gasteiger partial charge in [-0.2, -0.15) is 0 Å². The lowest BCUT2D eigenvalue weighted by Crippen LogP contribution is -2.09. The monoisotopic (exact) mass is 199 g/mol. The lowest BCUT2D eigenvalue weighted by atomic mass is 10.3. The average Bonchev–Trinajstić information content (AvgIpc) is 2.11. The number of halogens is 2. The minimum Gasteiger partial charge on any atom is -0.319 e. The first kappa shape index (κ1) is 9.74. The van der Waals surface area contributed by atoms with Crippen LogP contribution in [0.25, 0.3) is 0 Å². The zero-order valence-electron chi connectivity index (χ0n) is 6.68. The molecule has 0 fully saturated rings. The molecule has 1 N–H and O–H groups in total. The van der Waals surface area contributed by atoms with Gasteiger partial charge < -0.3 is 5.32 Å². The Morgan fingerprint density at radius 3 is 2.85 bits per heavy atom. The maximum Gasteiger partial charge on any atom is 0.247 e. The summed E-state index contributed by atoms with van der Waals surface area (Å²) in [6, 6.07) is 4.16. The lowest BCUT2D eigenvalue weighted by molar-refractivity contribution is -0.111. The third kappa shape index (κ3) is 2.29. The highest BCUT2D eigenvalue weighted by Gasteiger charge is 2.07. The number of para-hydroxylation sites is 1. The summed E-state index contributed by atoms with van der Waals surface area (Å²) in [5.41, 5.74) is -0.0194. The molecule has 0 heterocycles. The van der Waals surface area contributed by atoms with Crippen molar-refractivity contribution in [1.29, 1.82) is 0 Å². The van der Waals surface area contributed by atoms with Crippen molar-refractivity contribution in [3.63, 3.8) is 0 Å². The molecule has 68 valence electrons. The minimum absolute atomic E-state index is 0.0194. The van der Waals surface area contributed by atoms with Gasteiger partial charge in [0.2, 0.25) is 5.91 Å². The van der Waals surface area contributed by atoms with Gasteiger partial charge in [-0.15, -0.1) is 0 Å². The first-order chi connectivity index (χ1) is 6.15. The van der Waals surface area contributed by atoms with Crippen molar-refractivity contribution in [1.82, 2.24) is 0 Å². The van der Waals surface area contributed by atoms with Gasteiger partial charge in [-0.05, 0) is 18.2 Å². The Balaban J connectivity index is 2.99. The Bertz CT molecular complexity index is 331. The topological polar surface area (TPSA) is 29.1 Å². The van der Waals surface area contributed by atoms with Gasteiger partial charge >= 0.3 is 0 Å². The molecule has 1 rings (SSSR count). The Morgan fingerprint density at radius 1 is 1.62 bits per heavy atom. The van der Waals surface area contributed by atoms with E-state index in [9.17, 15) is 9.18 Å². The largest absolute Gasteiger partial charge is 0.319 e. The molecule has 1 amide bonds. The molecule has 0 aromatic heterocycles. The van der Waals surface area contributed by atoms with Crippen molar-refractivity contribution in [3.05, 3.63) is 41.7 Å². The Morgan fingerprint density at radius 2 is 2.31 bits per heavy atom. The molecule has 2 nitrogen and oxygen atoms in total. The molecule has 0 aliphatic carbocycles. The van der Waals surface area contributed by atoms with E-state index in [4.69, 9.17) is 11.6 Å². The van der Waals surface area contributed by atoms with Crippen LogP contribution >= 0.6 is 11.6 Å². The second-order valence-corrected chi connectivity index (χ2v) is 2.70. The van der Waals surface area contributed by atoms with Gasteiger partial charge in [0.25, 0.3) is 0 Å². The van der Waals surface area contributed by atoms with Gasteiger partial charge in [-0.25, -0.2) is 4.39 Å². The van der Waals surface area contributed by atoms with Crippen LogP contribution in [0.3, 0.4) is 0 Å². The SMILES string of the molecule is C=CC(=O)Nc1c(F)cccc1Cl. The quantitative estimate of drug-likeness (QED) is 0.729. The molecule has 0 unspecified atom stereocenters. The van der Waals surface area contributed by atoms with Crippen LogP contribution in [0.5, 0.6) is 0 Å². The summed E-state index contributed by atoms with van der Waals surface area (Å²) in [5, 5.41) is 2.43. The number of hydrogen-bond donors (Lipinski definition) is 1. The van der Waals surface area contributed by atoms with Crippen molar-refractivity contribution < 1.29 is 9.18 Å². The molecule has 13 heavy (non-hydrogen) atoms. The van der Waals surface area contributed by atoms with Crippen LogP contribution in [-0.4, -0.2) is 5.91 Å². The van der Waals surface area contributed by atoms with Crippen molar-refractivity contribution in [2.75, 3.05) is 5.32 Å². The van der Waals surface area contributed by atoms with Crippen LogP contribution in [0.2, 0.25) is 5.02 Å². The van der Waals surface area contributed by atoms with Gasteiger partial charge in [0.1, 0.15) is 5.82 Å². The van der Waals surface area contributed by atoms with Crippen LogP contribution in [0.4, 0.5) is 10.1 Å². The van der Waals surface area contributed by atoms with Crippen molar-refractivity contribution >= 4 is 23.2 Å². The first-order valence-electron chi connectivity index (χ1n) is 3.52. The molecule has 0 saturated carbocycles. The minimum atomic E-state index is -0.567. The maximum atomic E-state index is 13.0. The van der Waals surface area contributed by atoms with Crippen LogP contribution in [0.1, 0.15) is 0 Å². The third-order valence-corrected chi connectivity index (χ3v) is 1.71. The fourth-order valence-corrected chi connectivity index (χ4v) is 1.00. The standard InChI is InChI=1S/C9H7ClFNO/c1-2-8(13)12-9-6(10)4-3-5-7(9)11/h2-5H,1H2,(H,12,13). The Labute approximate surface area is 80.0 Å². The molecule has 0 aliphatic rings. The highest BCUT2D eigenvalue weighted by Crippen LogP contribution is 2.24. The van der Waals surface area contributed by atoms with Crippen molar-refractivity contribution in [3.8, 4) is 0 Å². The summed E-state index contributed by atoms with van der Waals surface area (Å²) in [5.74, 6) is -1.06. The number of amides is 1. The predicted octanol–water partition coefficient (Wildman–Crippen LogP) is 2.60. The Kier molecular flexibility index (Phi) is 3.03. The van der Waals surface area contributed by atoms with E-state index in [1.165, 1.54) is 18.2 Å². The molecular formula is C9H7ClFNO. The Hall–Kier alpha value is -1.35. The molecule has 0 aliphatic heterocycles. The van der Waals surface area contributed by atoms with E-state index in [1.54, 1.807) is 0 Å². The first-order valence-corrected chi connectivity index (χ1v) is 3.90. The fourth-order valence-electron chi connectivity index (χ4n) is 0.791. The van der Waals surface area contributed by atoms with Crippen LogP contribution in [0.15, 0.2) is 30.9 Å². The summed E-state index contributed by atoms with van der Waals surface area (Å²) in [6.45, 7) is 3.24. The second kappa shape index (κ2) is 4.05. The van der Waals surface area contributed by atoms with E-state index in [0.717, 1.165) is 6.08 Å². The molecule has 0 radical (unpaired) electrons. The number of rotatable bonds is 2. The second-order valence-electron chi connectivity index (χ2n) is 2.29. The summed E-state index contributed by atoms with van der Waals surface area (Å²) in [7, 11) is 0. The van der Waals surface area contributed by atoms with Gasteiger partial charge in [0, 0.05) is 0 Å². The zero-order valence-corrected chi connectivity index (χ0v) is 7.44. The van der Waals surface area contributed by atoms with Gasteiger partial charge in [0.15, 0.2) is 0 Å². The number of benzene rings is 1. The number of carbonyl (C=O) groups excluding carboxylic acids is 1. The van der Waals surface area contributed by atoms with Crippen molar-refractivity contribution in [2.45, 2.75) is 0 Å². The lowest BCUT2D eigenvalue weighted by Gasteiger charge is -2.04. The van der Waals surface area contributed by atoms with Gasteiger partial charge in [-0.1, -0.05) is 24.2 Å². The maximum absolute atomic E-state index is 13.0. The van der Waals surface area contributed by atoms with Crippen LogP contribution in [0, 0.1) is 5.82 Å². The summed E-state index contributed by atoms with van der Waals surface area (Å²) < 4.78 is 13.0. The van der Waals surface area contributed by atoms with Crippen molar-refractivity contribution in [2.24, 2.45) is 0 Å². The highest BCUT2D eigenvalue weighted by atomic mass is 35.5. The van der Waals surface area contributed by atoms with Gasteiger partial charge in [-0.3, -0.25) is 4.79 Å². The predicted molar refractivity (Wildman–Crippen MR) is 50.2 cm³/mol. The molecule has 4 heteroatoms. The molecule has 0 bridgehead atoms. The summed E-state index contributed by atoms with van der Waals surface area (Å²) in [4.78, 5) is 10.8. The molecule has 1 aromatic rings. The number of nitrogens with one attached hydrogen (secondary N) is 1. The fraction of sp³-hybridized carbons (Fsp3) is 0.